The van der Waals surface area contributed by atoms with Crippen molar-refractivity contribution in [2.45, 2.75) is 19.4 Å². The fourth-order valence-corrected chi connectivity index (χ4v) is 2.81. The summed E-state index contributed by atoms with van der Waals surface area (Å²) in [4.78, 5) is 3.82. The molecule has 2 N–H and O–H groups in total. The van der Waals surface area contributed by atoms with E-state index in [0.717, 1.165) is 43.9 Å². The lowest BCUT2D eigenvalue weighted by Gasteiger charge is -2.16. The van der Waals surface area contributed by atoms with E-state index in [-0.39, 0.29) is 0 Å². The summed E-state index contributed by atoms with van der Waals surface area (Å²) in [5.74, 6) is 0.924. The van der Waals surface area contributed by atoms with Crippen LogP contribution in [0.2, 0.25) is 0 Å². The topological polar surface area (TPSA) is 38.5 Å². The van der Waals surface area contributed by atoms with E-state index in [4.69, 9.17) is 10.5 Å². The quantitative estimate of drug-likeness (QED) is 0.723. The van der Waals surface area contributed by atoms with Gasteiger partial charge in [0.05, 0.1) is 6.61 Å². The number of benzene rings is 1. The van der Waals surface area contributed by atoms with Crippen molar-refractivity contribution >= 4 is 11.3 Å². The van der Waals surface area contributed by atoms with Crippen LogP contribution in [0, 0.1) is 0 Å². The molecule has 0 fully saturated rings. The Bertz CT molecular complexity index is 496. The van der Waals surface area contributed by atoms with Gasteiger partial charge in [-0.2, -0.15) is 0 Å². The van der Waals surface area contributed by atoms with Crippen molar-refractivity contribution in [2.75, 3.05) is 26.7 Å². The molecule has 1 aromatic carbocycles. The minimum absolute atomic E-state index is 0.579. The van der Waals surface area contributed by atoms with Gasteiger partial charge in [0.15, 0.2) is 0 Å². The molecule has 1 aromatic heterocycles. The lowest BCUT2D eigenvalue weighted by atomic mass is 10.2. The van der Waals surface area contributed by atoms with Crippen LogP contribution in [0.1, 0.15) is 16.9 Å². The Hall–Kier alpha value is -1.36. The third kappa shape index (κ3) is 5.87. The van der Waals surface area contributed by atoms with E-state index >= 15 is 0 Å². The van der Waals surface area contributed by atoms with Crippen molar-refractivity contribution in [1.29, 1.82) is 0 Å². The summed E-state index contributed by atoms with van der Waals surface area (Å²) in [6, 6.07) is 12.3. The monoisotopic (exact) mass is 304 g/mol. The Balaban J connectivity index is 1.58. The van der Waals surface area contributed by atoms with E-state index in [1.54, 1.807) is 0 Å². The molecule has 21 heavy (non-hydrogen) atoms. The maximum absolute atomic E-state index is 5.74. The molecule has 0 radical (unpaired) electrons. The van der Waals surface area contributed by atoms with Gasteiger partial charge < -0.3 is 15.4 Å². The van der Waals surface area contributed by atoms with Crippen molar-refractivity contribution < 1.29 is 4.74 Å². The number of nitrogens with two attached hydrogens (primary N) is 1. The van der Waals surface area contributed by atoms with Crippen LogP contribution in [-0.4, -0.2) is 31.6 Å². The molecule has 2 rings (SSSR count). The summed E-state index contributed by atoms with van der Waals surface area (Å²) < 4.78 is 5.74. The van der Waals surface area contributed by atoms with E-state index in [9.17, 15) is 0 Å². The van der Waals surface area contributed by atoms with Crippen LogP contribution in [0.4, 0.5) is 0 Å². The number of likely N-dealkylation sites (N-methyl/N-ethyl adjacent to an activating group) is 1. The molecule has 0 aliphatic carbocycles. The van der Waals surface area contributed by atoms with Gasteiger partial charge in [-0.25, -0.2) is 0 Å². The molecule has 4 heteroatoms. The lowest BCUT2D eigenvalue weighted by Crippen LogP contribution is -2.23. The van der Waals surface area contributed by atoms with E-state index in [1.807, 2.05) is 35.6 Å². The second-order valence-electron chi connectivity index (χ2n) is 5.18. The van der Waals surface area contributed by atoms with Crippen molar-refractivity contribution in [3.63, 3.8) is 0 Å². The highest BCUT2D eigenvalue weighted by molar-refractivity contribution is 7.09. The molecule has 0 amide bonds. The van der Waals surface area contributed by atoms with Crippen LogP contribution >= 0.6 is 11.3 Å². The first kappa shape index (κ1) is 16.0. The summed E-state index contributed by atoms with van der Waals surface area (Å²) in [5.41, 5.74) is 6.71. The molecule has 114 valence electrons. The van der Waals surface area contributed by atoms with Gasteiger partial charge in [0.1, 0.15) is 5.75 Å². The zero-order valence-electron chi connectivity index (χ0n) is 12.6. The van der Waals surface area contributed by atoms with Crippen LogP contribution in [0.3, 0.4) is 0 Å². The van der Waals surface area contributed by atoms with Crippen molar-refractivity contribution in [3.05, 3.63) is 52.2 Å². The maximum Gasteiger partial charge on any atom is 0.119 e. The van der Waals surface area contributed by atoms with Gasteiger partial charge in [-0.3, -0.25) is 0 Å². The number of thiophene rings is 1. The third-order valence-corrected chi connectivity index (χ3v) is 4.37. The van der Waals surface area contributed by atoms with Crippen molar-refractivity contribution in [2.24, 2.45) is 5.73 Å². The summed E-state index contributed by atoms with van der Waals surface area (Å²) in [6.07, 6.45) is 2.18. The van der Waals surface area contributed by atoms with Crippen molar-refractivity contribution in [3.8, 4) is 5.75 Å². The second-order valence-corrected chi connectivity index (χ2v) is 6.21. The van der Waals surface area contributed by atoms with E-state index in [2.05, 4.69) is 29.5 Å². The van der Waals surface area contributed by atoms with E-state index < -0.39 is 0 Å². The van der Waals surface area contributed by atoms with Crippen molar-refractivity contribution in [1.82, 2.24) is 4.90 Å². The van der Waals surface area contributed by atoms with Gasteiger partial charge in [-0.15, -0.1) is 11.3 Å². The second kappa shape index (κ2) is 8.82. The minimum atomic E-state index is 0.579. The first-order valence-corrected chi connectivity index (χ1v) is 8.28. The van der Waals surface area contributed by atoms with Crippen LogP contribution < -0.4 is 10.5 Å². The van der Waals surface area contributed by atoms with Gasteiger partial charge >= 0.3 is 0 Å². The van der Waals surface area contributed by atoms with Crippen LogP contribution in [0.5, 0.6) is 5.75 Å². The third-order valence-electron chi connectivity index (χ3n) is 3.43. The van der Waals surface area contributed by atoms with Gasteiger partial charge in [0, 0.05) is 24.5 Å². The van der Waals surface area contributed by atoms with E-state index in [1.165, 1.54) is 4.88 Å². The zero-order chi connectivity index (χ0) is 14.9. The zero-order valence-corrected chi connectivity index (χ0v) is 13.4. The normalized spacial score (nSPS) is 11.0. The summed E-state index contributed by atoms with van der Waals surface area (Å²) in [5, 5.41) is 2.14. The SMILES string of the molecule is CN(CCCOc1ccc(CN)cc1)CCc1cccs1. The first-order chi connectivity index (χ1) is 10.3. The highest BCUT2D eigenvalue weighted by Gasteiger charge is 2.01. The standard InChI is InChI=1S/C17H24N2OS/c1-19(11-9-17-4-2-13-21-17)10-3-12-20-16-7-5-15(14-18)6-8-16/h2,4-8,13H,3,9-12,14,18H2,1H3. The molecular weight excluding hydrogens is 280 g/mol. The molecule has 0 unspecified atom stereocenters. The molecule has 0 bridgehead atoms. The van der Waals surface area contributed by atoms with Crippen LogP contribution in [-0.2, 0) is 13.0 Å². The maximum atomic E-state index is 5.74. The fraction of sp³-hybridized carbons (Fsp3) is 0.412. The van der Waals surface area contributed by atoms with E-state index in [0.29, 0.717) is 6.54 Å². The van der Waals surface area contributed by atoms with Gasteiger partial charge in [-0.1, -0.05) is 18.2 Å². The molecular formula is C17H24N2OS. The van der Waals surface area contributed by atoms with Gasteiger partial charge in [-0.05, 0) is 49.0 Å². The molecule has 1 heterocycles. The molecule has 2 aromatic rings. The Morgan fingerprint density at radius 2 is 1.95 bits per heavy atom. The van der Waals surface area contributed by atoms with Crippen LogP contribution in [0.25, 0.3) is 0 Å². The highest BCUT2D eigenvalue weighted by atomic mass is 32.1. The molecule has 0 aliphatic rings. The molecule has 0 spiro atoms. The number of rotatable bonds is 9. The number of hydrogen-bond acceptors (Lipinski definition) is 4. The molecule has 0 saturated carbocycles. The molecule has 0 saturated heterocycles. The lowest BCUT2D eigenvalue weighted by molar-refractivity contribution is 0.264. The number of hydrogen-bond donors (Lipinski definition) is 1. The van der Waals surface area contributed by atoms with Gasteiger partial charge in [0.25, 0.3) is 0 Å². The smallest absolute Gasteiger partial charge is 0.119 e. The largest absolute Gasteiger partial charge is 0.494 e. The van der Waals surface area contributed by atoms with Gasteiger partial charge in [0.2, 0.25) is 0 Å². The molecule has 3 nitrogen and oxygen atoms in total. The average Bonchev–Trinajstić information content (AvgIpc) is 3.03. The molecule has 0 atom stereocenters. The fourth-order valence-electron chi connectivity index (χ4n) is 2.11. The first-order valence-electron chi connectivity index (χ1n) is 7.40. The summed E-state index contributed by atoms with van der Waals surface area (Å²) >= 11 is 1.83. The molecule has 0 aliphatic heterocycles. The Labute approximate surface area is 131 Å². The number of ether oxygens (including phenoxy) is 1. The Morgan fingerprint density at radius 3 is 2.62 bits per heavy atom. The highest BCUT2D eigenvalue weighted by Crippen LogP contribution is 2.12. The average molecular weight is 304 g/mol. The Kier molecular flexibility index (Phi) is 6.73. The number of nitrogens with zero attached hydrogens (tertiary/aromatic N) is 1. The summed E-state index contributed by atoms with van der Waals surface area (Å²) in [7, 11) is 2.17. The summed E-state index contributed by atoms with van der Waals surface area (Å²) in [6.45, 7) is 3.50. The minimum Gasteiger partial charge on any atom is -0.494 e. The predicted octanol–water partition coefficient (Wildman–Crippen LogP) is 3.15. The Morgan fingerprint density at radius 1 is 1.14 bits per heavy atom. The van der Waals surface area contributed by atoms with Crippen LogP contribution in [0.15, 0.2) is 41.8 Å². The predicted molar refractivity (Wildman–Crippen MR) is 90.0 cm³/mol.